The highest BCUT2D eigenvalue weighted by atomic mass is 32.1. The molecule has 0 radical (unpaired) electrons. The smallest absolute Gasteiger partial charge is 0.135 e. The van der Waals surface area contributed by atoms with E-state index < -0.39 is 0 Å². The van der Waals surface area contributed by atoms with Crippen LogP contribution in [-0.4, -0.2) is 15.5 Å². The number of thiazole rings is 2. The first-order valence-corrected chi connectivity index (χ1v) is 7.25. The molecule has 0 spiro atoms. The van der Waals surface area contributed by atoms with E-state index in [1.807, 2.05) is 11.7 Å². The minimum atomic E-state index is 0.140. The van der Waals surface area contributed by atoms with Crippen molar-refractivity contribution in [3.8, 4) is 9.88 Å². The molecule has 0 aliphatic rings. The predicted octanol–water partition coefficient (Wildman–Crippen LogP) is 3.46. The van der Waals surface area contributed by atoms with Crippen LogP contribution < -0.4 is 5.32 Å². The van der Waals surface area contributed by atoms with Crippen LogP contribution in [0, 0.1) is 6.92 Å². The molecule has 0 atom stereocenters. The molecule has 0 fully saturated rings. The molecule has 2 aromatic heterocycles. The molecule has 0 bridgehead atoms. The van der Waals surface area contributed by atoms with Crippen molar-refractivity contribution in [2.24, 2.45) is 0 Å². The summed E-state index contributed by atoms with van der Waals surface area (Å²) in [5, 5.41) is 4.58. The van der Waals surface area contributed by atoms with E-state index in [9.17, 15) is 0 Å². The summed E-state index contributed by atoms with van der Waals surface area (Å²) in [6.07, 6.45) is 1.88. The third-order valence-corrected chi connectivity index (χ3v) is 4.41. The summed E-state index contributed by atoms with van der Waals surface area (Å²) in [6, 6.07) is 0. The first kappa shape index (κ1) is 12.7. The number of hydrogen-bond acceptors (Lipinski definition) is 5. The van der Waals surface area contributed by atoms with Crippen LogP contribution in [-0.2, 0) is 6.54 Å². The van der Waals surface area contributed by atoms with Crippen LogP contribution in [0.25, 0.3) is 9.88 Å². The maximum atomic E-state index is 4.60. The molecule has 3 nitrogen and oxygen atoms in total. The van der Waals surface area contributed by atoms with E-state index in [4.69, 9.17) is 0 Å². The third kappa shape index (κ3) is 3.34. The van der Waals surface area contributed by atoms with Gasteiger partial charge in [0.1, 0.15) is 5.01 Å². The molecule has 0 unspecified atom stereocenters. The van der Waals surface area contributed by atoms with E-state index in [2.05, 4.69) is 43.0 Å². The van der Waals surface area contributed by atoms with Gasteiger partial charge in [-0.05, 0) is 27.7 Å². The number of aryl methyl sites for hydroxylation is 1. The molecule has 2 aromatic rings. The molecule has 1 N–H and O–H groups in total. The van der Waals surface area contributed by atoms with Gasteiger partial charge in [-0.25, -0.2) is 4.98 Å². The van der Waals surface area contributed by atoms with Gasteiger partial charge < -0.3 is 5.32 Å². The molecule has 0 saturated heterocycles. The second-order valence-corrected chi connectivity index (χ2v) is 6.97. The lowest BCUT2D eigenvalue weighted by Gasteiger charge is -2.19. The average molecular weight is 267 g/mol. The summed E-state index contributed by atoms with van der Waals surface area (Å²) >= 11 is 3.39. The fourth-order valence-corrected chi connectivity index (χ4v) is 3.04. The lowest BCUT2D eigenvalue weighted by molar-refractivity contribution is 0.425. The highest BCUT2D eigenvalue weighted by Crippen LogP contribution is 2.30. The highest BCUT2D eigenvalue weighted by molar-refractivity contribution is 7.20. The predicted molar refractivity (Wildman–Crippen MR) is 74.6 cm³/mol. The van der Waals surface area contributed by atoms with Gasteiger partial charge in [-0.1, -0.05) is 0 Å². The third-order valence-electron chi connectivity index (χ3n) is 2.32. The minimum absolute atomic E-state index is 0.140. The van der Waals surface area contributed by atoms with Crippen molar-refractivity contribution in [2.45, 2.75) is 39.8 Å². The maximum Gasteiger partial charge on any atom is 0.135 e. The SMILES string of the molecule is Cc1nc(-c2cncs2)sc1CNC(C)(C)C. The van der Waals surface area contributed by atoms with Crippen LogP contribution in [0.5, 0.6) is 0 Å². The lowest BCUT2D eigenvalue weighted by atomic mass is 10.1. The van der Waals surface area contributed by atoms with Gasteiger partial charge >= 0.3 is 0 Å². The van der Waals surface area contributed by atoms with Crippen LogP contribution in [0.15, 0.2) is 11.7 Å². The second-order valence-electron chi connectivity index (χ2n) is 5.00. The van der Waals surface area contributed by atoms with Crippen LogP contribution in [0.4, 0.5) is 0 Å². The van der Waals surface area contributed by atoms with Crippen molar-refractivity contribution in [3.63, 3.8) is 0 Å². The van der Waals surface area contributed by atoms with Crippen LogP contribution in [0.2, 0.25) is 0 Å². The standard InChI is InChI=1S/C12H17N3S2/c1-8-9(6-14-12(2,3)4)17-11(15-8)10-5-13-7-16-10/h5,7,14H,6H2,1-4H3. The van der Waals surface area contributed by atoms with E-state index in [-0.39, 0.29) is 5.54 Å². The Bertz CT molecular complexity index is 480. The van der Waals surface area contributed by atoms with Gasteiger partial charge in [0.05, 0.1) is 16.1 Å². The molecule has 0 saturated carbocycles. The van der Waals surface area contributed by atoms with Crippen molar-refractivity contribution in [1.82, 2.24) is 15.3 Å². The Balaban J connectivity index is 2.14. The number of nitrogens with zero attached hydrogens (tertiary/aromatic N) is 2. The summed E-state index contributed by atoms with van der Waals surface area (Å²) in [5.41, 5.74) is 3.11. The zero-order chi connectivity index (χ0) is 12.5. The largest absolute Gasteiger partial charge is 0.307 e. The Morgan fingerprint density at radius 1 is 1.35 bits per heavy atom. The maximum absolute atomic E-state index is 4.60. The fraction of sp³-hybridized carbons (Fsp3) is 0.500. The quantitative estimate of drug-likeness (QED) is 0.925. The van der Waals surface area contributed by atoms with Crippen LogP contribution >= 0.6 is 22.7 Å². The monoisotopic (exact) mass is 267 g/mol. The minimum Gasteiger partial charge on any atom is -0.307 e. The fourth-order valence-electron chi connectivity index (χ4n) is 1.36. The van der Waals surface area contributed by atoms with Gasteiger partial charge in [-0.15, -0.1) is 22.7 Å². The normalized spacial score (nSPS) is 12.0. The number of rotatable bonds is 3. The molecule has 0 aromatic carbocycles. The Kier molecular flexibility index (Phi) is 3.61. The van der Waals surface area contributed by atoms with Gasteiger partial charge in [0.2, 0.25) is 0 Å². The molecule has 2 rings (SSSR count). The molecular formula is C12H17N3S2. The molecule has 17 heavy (non-hydrogen) atoms. The van der Waals surface area contributed by atoms with Crippen molar-refractivity contribution in [3.05, 3.63) is 22.3 Å². The first-order valence-electron chi connectivity index (χ1n) is 5.56. The van der Waals surface area contributed by atoms with E-state index >= 15 is 0 Å². The van der Waals surface area contributed by atoms with Crippen LogP contribution in [0.1, 0.15) is 31.3 Å². The molecule has 0 aliphatic carbocycles. The molecule has 5 heteroatoms. The Hall–Kier alpha value is -0.780. The highest BCUT2D eigenvalue weighted by Gasteiger charge is 2.13. The zero-order valence-electron chi connectivity index (χ0n) is 10.6. The first-order chi connectivity index (χ1) is 7.96. The topological polar surface area (TPSA) is 37.8 Å². The summed E-state index contributed by atoms with van der Waals surface area (Å²) in [4.78, 5) is 11.2. The Labute approximate surface area is 110 Å². The molecule has 0 amide bonds. The molecule has 92 valence electrons. The van der Waals surface area contributed by atoms with E-state index in [1.165, 1.54) is 4.88 Å². The number of hydrogen-bond donors (Lipinski definition) is 1. The van der Waals surface area contributed by atoms with Crippen molar-refractivity contribution < 1.29 is 0 Å². The summed E-state index contributed by atoms with van der Waals surface area (Å²) in [5.74, 6) is 0. The second kappa shape index (κ2) is 4.84. The summed E-state index contributed by atoms with van der Waals surface area (Å²) in [7, 11) is 0. The zero-order valence-corrected chi connectivity index (χ0v) is 12.2. The van der Waals surface area contributed by atoms with Gasteiger partial charge in [-0.3, -0.25) is 4.98 Å². The van der Waals surface area contributed by atoms with Crippen molar-refractivity contribution in [2.75, 3.05) is 0 Å². The molecule has 2 heterocycles. The average Bonchev–Trinajstić information content (AvgIpc) is 2.82. The lowest BCUT2D eigenvalue weighted by Crippen LogP contribution is -2.34. The summed E-state index contributed by atoms with van der Waals surface area (Å²) < 4.78 is 0. The van der Waals surface area contributed by atoms with E-state index in [1.54, 1.807) is 22.7 Å². The molecule has 0 aliphatic heterocycles. The number of nitrogens with one attached hydrogen (secondary N) is 1. The van der Waals surface area contributed by atoms with Gasteiger partial charge in [0.15, 0.2) is 0 Å². The van der Waals surface area contributed by atoms with E-state index in [0.717, 1.165) is 22.1 Å². The van der Waals surface area contributed by atoms with Gasteiger partial charge in [-0.2, -0.15) is 0 Å². The Morgan fingerprint density at radius 2 is 2.12 bits per heavy atom. The number of aromatic nitrogens is 2. The summed E-state index contributed by atoms with van der Waals surface area (Å²) in [6.45, 7) is 9.47. The van der Waals surface area contributed by atoms with Gasteiger partial charge in [0.25, 0.3) is 0 Å². The van der Waals surface area contributed by atoms with Crippen LogP contribution in [0.3, 0.4) is 0 Å². The Morgan fingerprint density at radius 3 is 2.71 bits per heavy atom. The van der Waals surface area contributed by atoms with Gasteiger partial charge in [0, 0.05) is 23.2 Å². The van der Waals surface area contributed by atoms with Crippen molar-refractivity contribution in [1.29, 1.82) is 0 Å². The van der Waals surface area contributed by atoms with E-state index in [0.29, 0.717) is 0 Å². The molecular weight excluding hydrogens is 250 g/mol. The van der Waals surface area contributed by atoms with Crippen molar-refractivity contribution >= 4 is 22.7 Å².